The molecule has 1 aliphatic carbocycles. The van der Waals surface area contributed by atoms with Gasteiger partial charge in [-0.3, -0.25) is 0 Å². The highest BCUT2D eigenvalue weighted by Gasteiger charge is 2.14. The van der Waals surface area contributed by atoms with Gasteiger partial charge in [-0.2, -0.15) is 0 Å². The fourth-order valence-electron chi connectivity index (χ4n) is 1.83. The highest BCUT2D eigenvalue weighted by Crippen LogP contribution is 2.26. The molecule has 2 rings (SSSR count). The van der Waals surface area contributed by atoms with Crippen LogP contribution in [-0.4, -0.2) is 11.2 Å². The molecule has 1 nitrogen and oxygen atoms in total. The van der Waals surface area contributed by atoms with Gasteiger partial charge in [0.05, 0.1) is 6.10 Å². The van der Waals surface area contributed by atoms with Gasteiger partial charge in [0, 0.05) is 4.47 Å². The number of benzene rings is 1. The predicted molar refractivity (Wildman–Crippen MR) is 61.1 cm³/mol. The Hall–Kier alpha value is -0.670. The monoisotopic (exact) mass is 270 g/mol. The first-order chi connectivity index (χ1) is 7.15. The average Bonchev–Trinajstić information content (AvgIpc) is 2.56. The molecule has 1 aliphatic rings. The maximum atomic E-state index is 12.8. The third-order valence-electron chi connectivity index (χ3n) is 2.62. The first-order valence-corrected chi connectivity index (χ1v) is 5.76. The van der Waals surface area contributed by atoms with E-state index in [4.69, 9.17) is 0 Å². The summed E-state index contributed by atoms with van der Waals surface area (Å²) in [5, 5.41) is 9.34. The standard InChI is InChI=1S/C12H12BrFO/c13-12-7-10(14)3-2-9(12)5-8-1-4-11(15)6-8/h2-3,6-7,11,15H,1,4-5H2. The van der Waals surface area contributed by atoms with Gasteiger partial charge in [-0.1, -0.05) is 33.6 Å². The molecule has 3 heteroatoms. The van der Waals surface area contributed by atoms with Crippen LogP contribution in [0.5, 0.6) is 0 Å². The molecule has 15 heavy (non-hydrogen) atoms. The minimum absolute atomic E-state index is 0.230. The van der Waals surface area contributed by atoms with Crippen LogP contribution in [0.1, 0.15) is 18.4 Å². The number of aliphatic hydroxyl groups excluding tert-OH is 1. The van der Waals surface area contributed by atoms with Crippen LogP contribution in [0.2, 0.25) is 0 Å². The summed E-state index contributed by atoms with van der Waals surface area (Å²) in [6, 6.07) is 4.72. The zero-order valence-corrected chi connectivity index (χ0v) is 9.80. The van der Waals surface area contributed by atoms with E-state index in [-0.39, 0.29) is 11.9 Å². The van der Waals surface area contributed by atoms with Crippen LogP contribution < -0.4 is 0 Å². The second-order valence-electron chi connectivity index (χ2n) is 3.84. The Bertz CT molecular complexity index is 401. The molecule has 0 amide bonds. The number of hydrogen-bond acceptors (Lipinski definition) is 1. The van der Waals surface area contributed by atoms with Crippen LogP contribution in [0, 0.1) is 5.82 Å². The first-order valence-electron chi connectivity index (χ1n) is 4.97. The maximum absolute atomic E-state index is 12.8. The largest absolute Gasteiger partial charge is 0.389 e. The van der Waals surface area contributed by atoms with Gasteiger partial charge in [-0.15, -0.1) is 0 Å². The average molecular weight is 271 g/mol. The Kier molecular flexibility index (Phi) is 3.22. The van der Waals surface area contributed by atoms with Gasteiger partial charge in [0.1, 0.15) is 5.82 Å². The van der Waals surface area contributed by atoms with E-state index in [2.05, 4.69) is 15.9 Å². The summed E-state index contributed by atoms with van der Waals surface area (Å²) in [5.41, 5.74) is 2.30. The lowest BCUT2D eigenvalue weighted by Crippen LogP contribution is -1.93. The quantitative estimate of drug-likeness (QED) is 0.819. The Balaban J connectivity index is 2.14. The van der Waals surface area contributed by atoms with Crippen molar-refractivity contribution in [3.8, 4) is 0 Å². The Morgan fingerprint density at radius 1 is 1.47 bits per heavy atom. The fraction of sp³-hybridized carbons (Fsp3) is 0.333. The molecule has 0 bridgehead atoms. The van der Waals surface area contributed by atoms with E-state index in [0.29, 0.717) is 0 Å². The summed E-state index contributed by atoms with van der Waals surface area (Å²) in [7, 11) is 0. The molecule has 0 radical (unpaired) electrons. The van der Waals surface area contributed by atoms with Gasteiger partial charge in [-0.25, -0.2) is 4.39 Å². The molecule has 0 aliphatic heterocycles. The van der Waals surface area contributed by atoms with Gasteiger partial charge >= 0.3 is 0 Å². The highest BCUT2D eigenvalue weighted by molar-refractivity contribution is 9.10. The van der Waals surface area contributed by atoms with E-state index in [0.717, 1.165) is 29.3 Å². The van der Waals surface area contributed by atoms with Crippen molar-refractivity contribution in [2.45, 2.75) is 25.4 Å². The second-order valence-corrected chi connectivity index (χ2v) is 4.70. The molecular formula is C12H12BrFO. The van der Waals surface area contributed by atoms with Gasteiger partial charge in [0.2, 0.25) is 0 Å². The molecule has 0 saturated heterocycles. The van der Waals surface area contributed by atoms with Crippen molar-refractivity contribution in [1.29, 1.82) is 0 Å². The van der Waals surface area contributed by atoms with Crippen LogP contribution in [0.15, 0.2) is 34.3 Å². The number of halogens is 2. The van der Waals surface area contributed by atoms with Crippen molar-refractivity contribution < 1.29 is 9.50 Å². The minimum Gasteiger partial charge on any atom is -0.389 e. The smallest absolute Gasteiger partial charge is 0.124 e. The zero-order valence-electron chi connectivity index (χ0n) is 8.21. The number of aliphatic hydroxyl groups is 1. The number of rotatable bonds is 2. The van der Waals surface area contributed by atoms with Crippen LogP contribution in [0.4, 0.5) is 4.39 Å². The maximum Gasteiger partial charge on any atom is 0.124 e. The van der Waals surface area contributed by atoms with E-state index in [1.807, 2.05) is 6.08 Å². The summed E-state index contributed by atoms with van der Waals surface area (Å²) in [6.07, 6.45) is 4.14. The summed E-state index contributed by atoms with van der Waals surface area (Å²) in [6.45, 7) is 0. The molecule has 80 valence electrons. The van der Waals surface area contributed by atoms with E-state index in [1.54, 1.807) is 6.07 Å². The molecule has 0 spiro atoms. The molecule has 0 saturated carbocycles. The molecule has 1 unspecified atom stereocenters. The molecule has 1 aromatic rings. The van der Waals surface area contributed by atoms with Crippen molar-refractivity contribution in [3.63, 3.8) is 0 Å². The first kappa shape index (κ1) is 10.8. The van der Waals surface area contributed by atoms with Gasteiger partial charge < -0.3 is 5.11 Å². The normalized spacial score (nSPS) is 20.5. The lowest BCUT2D eigenvalue weighted by molar-refractivity contribution is 0.223. The van der Waals surface area contributed by atoms with Gasteiger partial charge in [0.25, 0.3) is 0 Å². The fourth-order valence-corrected chi connectivity index (χ4v) is 2.32. The topological polar surface area (TPSA) is 20.2 Å². The number of allylic oxidation sites excluding steroid dienone is 1. The van der Waals surface area contributed by atoms with E-state index in [9.17, 15) is 9.50 Å². The third-order valence-corrected chi connectivity index (χ3v) is 3.36. The van der Waals surface area contributed by atoms with E-state index < -0.39 is 0 Å². The molecule has 1 aromatic carbocycles. The van der Waals surface area contributed by atoms with E-state index >= 15 is 0 Å². The molecule has 0 fully saturated rings. The summed E-state index contributed by atoms with van der Waals surface area (Å²) in [5.74, 6) is -0.230. The van der Waals surface area contributed by atoms with Crippen molar-refractivity contribution in [3.05, 3.63) is 45.7 Å². The molecule has 1 N–H and O–H groups in total. The minimum atomic E-state index is -0.292. The van der Waals surface area contributed by atoms with Crippen molar-refractivity contribution >= 4 is 15.9 Å². The zero-order chi connectivity index (χ0) is 10.8. The van der Waals surface area contributed by atoms with E-state index in [1.165, 1.54) is 17.7 Å². The van der Waals surface area contributed by atoms with Crippen molar-refractivity contribution in [2.75, 3.05) is 0 Å². The summed E-state index contributed by atoms with van der Waals surface area (Å²) >= 11 is 3.34. The van der Waals surface area contributed by atoms with Gasteiger partial charge in [0.15, 0.2) is 0 Å². The van der Waals surface area contributed by atoms with Crippen LogP contribution in [-0.2, 0) is 6.42 Å². The number of hydrogen-bond donors (Lipinski definition) is 1. The summed E-state index contributed by atoms with van der Waals surface area (Å²) < 4.78 is 13.6. The van der Waals surface area contributed by atoms with Crippen LogP contribution in [0.3, 0.4) is 0 Å². The van der Waals surface area contributed by atoms with Crippen LogP contribution >= 0.6 is 15.9 Å². The lowest BCUT2D eigenvalue weighted by Gasteiger charge is -2.05. The molecule has 0 aromatic heterocycles. The van der Waals surface area contributed by atoms with Gasteiger partial charge in [-0.05, 0) is 37.0 Å². The Morgan fingerprint density at radius 3 is 2.87 bits per heavy atom. The lowest BCUT2D eigenvalue weighted by atomic mass is 10.1. The predicted octanol–water partition coefficient (Wildman–Crippen LogP) is 3.21. The molecule has 0 heterocycles. The Morgan fingerprint density at radius 2 is 2.27 bits per heavy atom. The Labute approximate surface area is 96.8 Å². The third kappa shape index (κ3) is 2.67. The van der Waals surface area contributed by atoms with Crippen molar-refractivity contribution in [2.24, 2.45) is 0 Å². The SMILES string of the molecule is OC1C=C(Cc2ccc(F)cc2Br)CC1. The summed E-state index contributed by atoms with van der Waals surface area (Å²) in [4.78, 5) is 0. The second kappa shape index (κ2) is 4.45. The highest BCUT2D eigenvalue weighted by atomic mass is 79.9. The molecule has 1 atom stereocenters. The van der Waals surface area contributed by atoms with Crippen LogP contribution in [0.25, 0.3) is 0 Å². The van der Waals surface area contributed by atoms with Crippen molar-refractivity contribution in [1.82, 2.24) is 0 Å². The molecular weight excluding hydrogens is 259 g/mol.